The van der Waals surface area contributed by atoms with Gasteiger partial charge < -0.3 is 5.11 Å². The first-order valence-corrected chi connectivity index (χ1v) is 4.75. The maximum absolute atomic E-state index is 10.9. The van der Waals surface area contributed by atoms with E-state index in [-0.39, 0.29) is 17.2 Å². The molecule has 82 valence electrons. The van der Waals surface area contributed by atoms with Gasteiger partial charge in [-0.25, -0.2) is 0 Å². The second-order valence-corrected chi connectivity index (χ2v) is 4.27. The van der Waals surface area contributed by atoms with Crippen molar-refractivity contribution < 1.29 is 10.0 Å². The Labute approximate surface area is 88.7 Å². The van der Waals surface area contributed by atoms with E-state index in [4.69, 9.17) is 0 Å². The fraction of sp³-hybridized carbons (Fsp3) is 0.455. The third kappa shape index (κ3) is 2.15. The van der Waals surface area contributed by atoms with Gasteiger partial charge in [-0.3, -0.25) is 10.1 Å². The zero-order valence-corrected chi connectivity index (χ0v) is 9.15. The Kier molecular flexibility index (Phi) is 3.09. The van der Waals surface area contributed by atoms with Gasteiger partial charge in [0.15, 0.2) is 0 Å². The summed E-state index contributed by atoms with van der Waals surface area (Å²) in [5.74, 6) is 0. The number of nitrogens with zero attached hydrogens (tertiary/aromatic N) is 1. The number of aliphatic hydroxyl groups excluding tert-OH is 1. The van der Waals surface area contributed by atoms with Gasteiger partial charge in [-0.05, 0) is 6.92 Å². The average molecular weight is 209 g/mol. The molecule has 1 aromatic rings. The summed E-state index contributed by atoms with van der Waals surface area (Å²) in [5, 5.41) is 20.2. The summed E-state index contributed by atoms with van der Waals surface area (Å²) in [4.78, 5) is 10.5. The first-order chi connectivity index (χ1) is 6.90. The zero-order valence-electron chi connectivity index (χ0n) is 9.15. The van der Waals surface area contributed by atoms with Crippen LogP contribution in [0.3, 0.4) is 0 Å². The molecule has 1 rings (SSSR count). The Hall–Kier alpha value is -1.42. The van der Waals surface area contributed by atoms with Crippen LogP contribution < -0.4 is 0 Å². The Morgan fingerprint density at radius 2 is 2.07 bits per heavy atom. The van der Waals surface area contributed by atoms with Crippen molar-refractivity contribution in [3.05, 3.63) is 39.4 Å². The lowest BCUT2D eigenvalue weighted by atomic mass is 9.83. The van der Waals surface area contributed by atoms with E-state index >= 15 is 0 Å². The smallest absolute Gasteiger partial charge is 0.276 e. The van der Waals surface area contributed by atoms with E-state index in [0.717, 1.165) is 0 Å². The average Bonchev–Trinajstić information content (AvgIpc) is 2.16. The molecule has 0 saturated carbocycles. The van der Waals surface area contributed by atoms with Crippen molar-refractivity contribution >= 4 is 5.69 Å². The highest BCUT2D eigenvalue weighted by molar-refractivity contribution is 5.50. The first kappa shape index (κ1) is 11.7. The minimum absolute atomic E-state index is 0.108. The van der Waals surface area contributed by atoms with Gasteiger partial charge in [0.25, 0.3) is 5.69 Å². The number of nitro benzene ring substituents is 1. The molecule has 0 heterocycles. The number of aryl methyl sites for hydroxylation is 1. The fourth-order valence-corrected chi connectivity index (χ4v) is 1.53. The van der Waals surface area contributed by atoms with Crippen molar-refractivity contribution in [3.63, 3.8) is 0 Å². The number of para-hydroxylation sites is 1. The van der Waals surface area contributed by atoms with Crippen LogP contribution >= 0.6 is 0 Å². The van der Waals surface area contributed by atoms with Crippen LogP contribution in [0.1, 0.15) is 25.0 Å². The minimum atomic E-state index is -0.589. The van der Waals surface area contributed by atoms with Crippen LogP contribution in [0.2, 0.25) is 0 Å². The summed E-state index contributed by atoms with van der Waals surface area (Å²) in [6, 6.07) is 5.17. The maximum Gasteiger partial charge on any atom is 0.276 e. The normalized spacial score (nSPS) is 11.5. The van der Waals surface area contributed by atoms with Crippen LogP contribution in [-0.4, -0.2) is 16.6 Å². The maximum atomic E-state index is 10.9. The van der Waals surface area contributed by atoms with E-state index in [2.05, 4.69) is 0 Å². The second kappa shape index (κ2) is 3.98. The topological polar surface area (TPSA) is 63.4 Å². The van der Waals surface area contributed by atoms with Gasteiger partial charge in [-0.2, -0.15) is 0 Å². The lowest BCUT2D eigenvalue weighted by molar-refractivity contribution is -0.386. The Morgan fingerprint density at radius 3 is 2.53 bits per heavy atom. The second-order valence-electron chi connectivity index (χ2n) is 4.27. The molecular formula is C11H15NO3. The number of rotatable bonds is 3. The molecule has 0 amide bonds. The van der Waals surface area contributed by atoms with Gasteiger partial charge >= 0.3 is 0 Å². The standard InChI is InChI=1S/C11H15NO3/c1-8-5-4-6-9(10(8)12(14)15)11(2,3)7-13/h4-6,13H,7H2,1-3H3. The van der Waals surface area contributed by atoms with E-state index in [1.54, 1.807) is 39.0 Å². The molecule has 0 unspecified atom stereocenters. The molecular weight excluding hydrogens is 194 g/mol. The molecule has 1 aromatic carbocycles. The first-order valence-electron chi connectivity index (χ1n) is 4.75. The number of aliphatic hydroxyl groups is 1. The van der Waals surface area contributed by atoms with Gasteiger partial charge in [-0.15, -0.1) is 0 Å². The molecule has 0 atom stereocenters. The number of nitro groups is 1. The van der Waals surface area contributed by atoms with Gasteiger partial charge in [0.05, 0.1) is 11.5 Å². The lowest BCUT2D eigenvalue weighted by Gasteiger charge is -2.22. The summed E-state index contributed by atoms with van der Waals surface area (Å²) >= 11 is 0. The molecule has 0 bridgehead atoms. The summed E-state index contributed by atoms with van der Waals surface area (Å²) < 4.78 is 0. The highest BCUT2D eigenvalue weighted by Gasteiger charge is 2.29. The molecule has 15 heavy (non-hydrogen) atoms. The summed E-state index contributed by atoms with van der Waals surface area (Å²) in [6.07, 6.45) is 0. The molecule has 0 aliphatic heterocycles. The van der Waals surface area contributed by atoms with Crippen LogP contribution in [0.5, 0.6) is 0 Å². The van der Waals surface area contributed by atoms with Crippen molar-refractivity contribution in [1.29, 1.82) is 0 Å². The quantitative estimate of drug-likeness (QED) is 0.613. The highest BCUT2D eigenvalue weighted by Crippen LogP contribution is 2.33. The molecule has 1 N–H and O–H groups in total. The molecule has 4 nitrogen and oxygen atoms in total. The number of hydrogen-bond donors (Lipinski definition) is 1. The Bertz CT molecular complexity index is 385. The number of hydrogen-bond acceptors (Lipinski definition) is 3. The largest absolute Gasteiger partial charge is 0.395 e. The molecule has 0 spiro atoms. The van der Waals surface area contributed by atoms with Crippen LogP contribution in [0.15, 0.2) is 18.2 Å². The van der Waals surface area contributed by atoms with E-state index in [1.165, 1.54) is 0 Å². The van der Waals surface area contributed by atoms with Crippen molar-refractivity contribution in [2.45, 2.75) is 26.2 Å². The van der Waals surface area contributed by atoms with Gasteiger partial charge in [0.1, 0.15) is 0 Å². The van der Waals surface area contributed by atoms with E-state index < -0.39 is 5.41 Å². The molecule has 0 radical (unpaired) electrons. The van der Waals surface area contributed by atoms with Crippen LogP contribution in [0.4, 0.5) is 5.69 Å². The summed E-state index contributed by atoms with van der Waals surface area (Å²) in [7, 11) is 0. The lowest BCUT2D eigenvalue weighted by Crippen LogP contribution is -2.23. The molecule has 4 heteroatoms. The Balaban J connectivity index is 3.42. The van der Waals surface area contributed by atoms with Gasteiger partial charge in [0, 0.05) is 16.5 Å². The predicted octanol–water partition coefficient (Wildman–Crippen LogP) is 2.17. The molecule has 0 fully saturated rings. The van der Waals surface area contributed by atoms with Crippen molar-refractivity contribution in [2.75, 3.05) is 6.61 Å². The minimum Gasteiger partial charge on any atom is -0.395 e. The van der Waals surface area contributed by atoms with Gasteiger partial charge in [0.2, 0.25) is 0 Å². The van der Waals surface area contributed by atoms with E-state index in [1.807, 2.05) is 0 Å². The highest BCUT2D eigenvalue weighted by atomic mass is 16.6. The van der Waals surface area contributed by atoms with E-state index in [0.29, 0.717) is 11.1 Å². The van der Waals surface area contributed by atoms with Crippen LogP contribution in [-0.2, 0) is 5.41 Å². The third-order valence-corrected chi connectivity index (χ3v) is 2.54. The van der Waals surface area contributed by atoms with Crippen molar-refractivity contribution in [1.82, 2.24) is 0 Å². The van der Waals surface area contributed by atoms with Gasteiger partial charge in [-0.1, -0.05) is 32.0 Å². The SMILES string of the molecule is Cc1cccc(C(C)(C)CO)c1[N+](=O)[O-]. The van der Waals surface area contributed by atoms with Crippen molar-refractivity contribution in [3.8, 4) is 0 Å². The Morgan fingerprint density at radius 1 is 1.47 bits per heavy atom. The monoisotopic (exact) mass is 209 g/mol. The fourth-order valence-electron chi connectivity index (χ4n) is 1.53. The predicted molar refractivity (Wildman–Crippen MR) is 57.9 cm³/mol. The third-order valence-electron chi connectivity index (χ3n) is 2.54. The molecule has 0 saturated heterocycles. The molecule has 0 aliphatic carbocycles. The van der Waals surface area contributed by atoms with Crippen molar-refractivity contribution in [2.24, 2.45) is 0 Å². The molecule has 0 aliphatic rings. The summed E-state index contributed by atoms with van der Waals surface area (Å²) in [5.41, 5.74) is 0.722. The zero-order chi connectivity index (χ0) is 11.6. The summed E-state index contributed by atoms with van der Waals surface area (Å²) in [6.45, 7) is 5.16. The van der Waals surface area contributed by atoms with Crippen LogP contribution in [0.25, 0.3) is 0 Å². The number of benzene rings is 1. The van der Waals surface area contributed by atoms with Crippen LogP contribution in [0, 0.1) is 17.0 Å². The van der Waals surface area contributed by atoms with E-state index in [9.17, 15) is 15.2 Å². The molecule has 0 aromatic heterocycles.